The SMILES string of the molecule is Cn1cc(CC(=O)NCc2ccc3c(c2)CN(C(=O)C2CCC2C(N)=O)C3)cn1. The highest BCUT2D eigenvalue weighted by molar-refractivity contribution is 5.88. The third-order valence-electron chi connectivity index (χ3n) is 5.87. The van der Waals surface area contributed by atoms with Gasteiger partial charge in [-0.25, -0.2) is 0 Å². The highest BCUT2D eigenvalue weighted by atomic mass is 16.2. The molecule has 2 aromatic rings. The first-order chi connectivity index (χ1) is 13.9. The number of primary amides is 1. The first kappa shape index (κ1) is 19.2. The maximum absolute atomic E-state index is 12.7. The third-order valence-corrected chi connectivity index (χ3v) is 5.87. The molecule has 29 heavy (non-hydrogen) atoms. The van der Waals surface area contributed by atoms with Gasteiger partial charge in [-0.2, -0.15) is 5.10 Å². The van der Waals surface area contributed by atoms with Crippen LogP contribution >= 0.6 is 0 Å². The van der Waals surface area contributed by atoms with Crippen LogP contribution in [0.1, 0.15) is 35.1 Å². The van der Waals surface area contributed by atoms with Crippen molar-refractivity contribution in [2.75, 3.05) is 0 Å². The van der Waals surface area contributed by atoms with Crippen molar-refractivity contribution in [2.45, 2.75) is 38.9 Å². The Morgan fingerprint density at radius 2 is 1.90 bits per heavy atom. The van der Waals surface area contributed by atoms with E-state index in [-0.39, 0.29) is 29.6 Å². The smallest absolute Gasteiger partial charge is 0.227 e. The van der Waals surface area contributed by atoms with Crippen molar-refractivity contribution in [3.63, 3.8) is 0 Å². The summed E-state index contributed by atoms with van der Waals surface area (Å²) in [6.07, 6.45) is 5.24. The number of nitrogens with one attached hydrogen (secondary N) is 1. The zero-order valence-corrected chi connectivity index (χ0v) is 16.4. The summed E-state index contributed by atoms with van der Waals surface area (Å²) in [5.74, 6) is -1.01. The van der Waals surface area contributed by atoms with Gasteiger partial charge in [-0.1, -0.05) is 18.2 Å². The van der Waals surface area contributed by atoms with E-state index < -0.39 is 0 Å². The number of aromatic nitrogens is 2. The van der Waals surface area contributed by atoms with E-state index in [0.29, 0.717) is 32.5 Å². The van der Waals surface area contributed by atoms with Gasteiger partial charge in [0.05, 0.1) is 12.6 Å². The van der Waals surface area contributed by atoms with Gasteiger partial charge in [-0.05, 0) is 35.1 Å². The molecule has 2 aliphatic rings. The molecule has 0 radical (unpaired) electrons. The average Bonchev–Trinajstić information content (AvgIpc) is 3.24. The van der Waals surface area contributed by atoms with Gasteiger partial charge in [0.15, 0.2) is 0 Å². The highest BCUT2D eigenvalue weighted by Gasteiger charge is 2.42. The molecule has 1 aromatic heterocycles. The van der Waals surface area contributed by atoms with Crippen LogP contribution in [0.3, 0.4) is 0 Å². The van der Waals surface area contributed by atoms with E-state index in [1.54, 1.807) is 15.8 Å². The zero-order chi connectivity index (χ0) is 20.5. The molecule has 0 spiro atoms. The lowest BCUT2D eigenvalue weighted by Gasteiger charge is -2.35. The van der Waals surface area contributed by atoms with E-state index in [1.165, 1.54) is 0 Å². The van der Waals surface area contributed by atoms with Gasteiger partial charge in [0.25, 0.3) is 0 Å². The molecule has 1 aliphatic heterocycles. The maximum atomic E-state index is 12.7. The Balaban J connectivity index is 1.32. The van der Waals surface area contributed by atoms with E-state index >= 15 is 0 Å². The van der Waals surface area contributed by atoms with E-state index in [4.69, 9.17) is 5.73 Å². The van der Waals surface area contributed by atoms with Crippen LogP contribution in [0.5, 0.6) is 0 Å². The molecule has 1 fully saturated rings. The van der Waals surface area contributed by atoms with Crippen LogP contribution in [-0.4, -0.2) is 32.4 Å². The third kappa shape index (κ3) is 4.01. The number of carbonyl (C=O) groups is 3. The highest BCUT2D eigenvalue weighted by Crippen LogP contribution is 2.37. The Morgan fingerprint density at radius 3 is 2.55 bits per heavy atom. The standard InChI is InChI=1S/C21H25N5O3/c1-25-10-14(9-24-25)7-19(27)23-8-13-2-3-15-11-26(12-16(15)6-13)21(29)18-5-4-17(18)20(22)28/h2-3,6,9-10,17-18H,4-5,7-8,11-12H2,1H3,(H2,22,28)(H,23,27). The van der Waals surface area contributed by atoms with Crippen LogP contribution in [0.15, 0.2) is 30.6 Å². The lowest BCUT2D eigenvalue weighted by atomic mass is 9.72. The molecular formula is C21H25N5O3. The second-order valence-electron chi connectivity index (χ2n) is 7.97. The lowest BCUT2D eigenvalue weighted by molar-refractivity contribution is -0.147. The van der Waals surface area contributed by atoms with Gasteiger partial charge in [-0.15, -0.1) is 0 Å². The maximum Gasteiger partial charge on any atom is 0.227 e. The molecule has 8 heteroatoms. The number of benzene rings is 1. The summed E-state index contributed by atoms with van der Waals surface area (Å²) < 4.78 is 1.67. The molecule has 2 heterocycles. The minimum Gasteiger partial charge on any atom is -0.369 e. The first-order valence-electron chi connectivity index (χ1n) is 9.83. The Kier molecular flexibility index (Phi) is 5.08. The van der Waals surface area contributed by atoms with E-state index in [2.05, 4.69) is 10.4 Å². The quantitative estimate of drug-likeness (QED) is 0.747. The van der Waals surface area contributed by atoms with Gasteiger partial charge >= 0.3 is 0 Å². The van der Waals surface area contributed by atoms with Crippen molar-refractivity contribution in [3.05, 3.63) is 52.8 Å². The number of nitrogens with zero attached hydrogens (tertiary/aromatic N) is 3. The molecule has 1 aliphatic carbocycles. The Labute approximate surface area is 169 Å². The molecule has 0 bridgehead atoms. The summed E-state index contributed by atoms with van der Waals surface area (Å²) in [7, 11) is 1.82. The number of nitrogens with two attached hydrogens (primary N) is 1. The number of amides is 3. The molecule has 2 unspecified atom stereocenters. The predicted molar refractivity (Wildman–Crippen MR) is 105 cm³/mol. The fourth-order valence-corrected chi connectivity index (χ4v) is 4.10. The van der Waals surface area contributed by atoms with E-state index in [0.717, 1.165) is 28.7 Å². The minimum atomic E-state index is -0.379. The number of aryl methyl sites for hydroxylation is 1. The van der Waals surface area contributed by atoms with E-state index in [9.17, 15) is 14.4 Å². The molecule has 4 rings (SSSR count). The molecule has 8 nitrogen and oxygen atoms in total. The van der Waals surface area contributed by atoms with Crippen molar-refractivity contribution in [2.24, 2.45) is 24.6 Å². The van der Waals surface area contributed by atoms with Gasteiger partial charge in [0.1, 0.15) is 0 Å². The summed E-state index contributed by atoms with van der Waals surface area (Å²) in [6, 6.07) is 6.03. The second kappa shape index (κ2) is 7.69. The Morgan fingerprint density at radius 1 is 1.14 bits per heavy atom. The molecule has 2 atom stereocenters. The van der Waals surface area contributed by atoms with Gasteiger partial charge in [0.2, 0.25) is 17.7 Å². The molecule has 3 N–H and O–H groups in total. The van der Waals surface area contributed by atoms with Crippen LogP contribution in [0, 0.1) is 11.8 Å². The number of carbonyl (C=O) groups excluding carboxylic acids is 3. The zero-order valence-electron chi connectivity index (χ0n) is 16.4. The largest absolute Gasteiger partial charge is 0.369 e. The molecule has 152 valence electrons. The summed E-state index contributed by atoms with van der Waals surface area (Å²) in [5, 5.41) is 6.99. The second-order valence-corrected chi connectivity index (χ2v) is 7.97. The van der Waals surface area contributed by atoms with Crippen molar-refractivity contribution >= 4 is 17.7 Å². The molecule has 1 saturated carbocycles. The van der Waals surface area contributed by atoms with Crippen LogP contribution in [0.2, 0.25) is 0 Å². The van der Waals surface area contributed by atoms with Crippen molar-refractivity contribution in [1.82, 2.24) is 20.0 Å². The van der Waals surface area contributed by atoms with Gasteiger partial charge < -0.3 is 16.0 Å². The van der Waals surface area contributed by atoms with Gasteiger partial charge in [0, 0.05) is 44.7 Å². The first-order valence-corrected chi connectivity index (χ1v) is 9.83. The fraction of sp³-hybridized carbons (Fsp3) is 0.429. The van der Waals surface area contributed by atoms with Crippen molar-refractivity contribution in [1.29, 1.82) is 0 Å². The number of fused-ring (bicyclic) bond motifs is 1. The Hall–Kier alpha value is -3.16. The average molecular weight is 395 g/mol. The minimum absolute atomic E-state index is 0.0163. The van der Waals surface area contributed by atoms with Crippen LogP contribution < -0.4 is 11.1 Å². The molecular weight excluding hydrogens is 370 g/mol. The summed E-state index contributed by atoms with van der Waals surface area (Å²) in [5.41, 5.74) is 9.46. The molecule has 0 saturated heterocycles. The topological polar surface area (TPSA) is 110 Å². The number of hydrogen-bond acceptors (Lipinski definition) is 4. The monoisotopic (exact) mass is 395 g/mol. The number of rotatable bonds is 6. The lowest BCUT2D eigenvalue weighted by Crippen LogP contribution is -2.46. The Bertz CT molecular complexity index is 967. The van der Waals surface area contributed by atoms with Crippen molar-refractivity contribution < 1.29 is 14.4 Å². The summed E-state index contributed by atoms with van der Waals surface area (Å²) in [6.45, 7) is 1.53. The summed E-state index contributed by atoms with van der Waals surface area (Å²) >= 11 is 0. The molecule has 3 amide bonds. The van der Waals surface area contributed by atoms with Crippen LogP contribution in [-0.2, 0) is 47.5 Å². The number of hydrogen-bond donors (Lipinski definition) is 2. The normalized spacial score (nSPS) is 20.1. The van der Waals surface area contributed by atoms with Crippen LogP contribution in [0.25, 0.3) is 0 Å². The van der Waals surface area contributed by atoms with Gasteiger partial charge in [-0.3, -0.25) is 19.1 Å². The summed E-state index contributed by atoms with van der Waals surface area (Å²) in [4.78, 5) is 38.1. The fourth-order valence-electron chi connectivity index (χ4n) is 4.10. The molecule has 1 aromatic carbocycles. The van der Waals surface area contributed by atoms with Crippen LogP contribution in [0.4, 0.5) is 0 Å². The van der Waals surface area contributed by atoms with E-state index in [1.807, 2.05) is 31.4 Å². The predicted octanol–water partition coefficient (Wildman–Crippen LogP) is 0.633. The van der Waals surface area contributed by atoms with Crippen molar-refractivity contribution in [3.8, 4) is 0 Å².